The lowest BCUT2D eigenvalue weighted by molar-refractivity contribution is -0.137. The van der Waals surface area contributed by atoms with Crippen LogP contribution in [-0.2, 0) is 21.1 Å². The average molecular weight is 472 g/mol. The molecule has 9 heteroatoms. The highest BCUT2D eigenvalue weighted by molar-refractivity contribution is 9.10. The highest BCUT2D eigenvalue weighted by Crippen LogP contribution is 2.35. The quantitative estimate of drug-likeness (QED) is 0.621. The van der Waals surface area contributed by atoms with Gasteiger partial charge >= 0.3 is 6.18 Å². The zero-order valence-corrected chi connectivity index (χ0v) is 17.1. The van der Waals surface area contributed by atoms with Gasteiger partial charge in [0.2, 0.25) is 5.91 Å². The van der Waals surface area contributed by atoms with Gasteiger partial charge in [-0.15, -0.1) is 0 Å². The summed E-state index contributed by atoms with van der Waals surface area (Å²) in [5, 5.41) is 5.85. The van der Waals surface area contributed by atoms with Crippen LogP contribution in [0, 0.1) is 0 Å². The molecule has 1 aromatic heterocycles. The fraction of sp³-hybridized carbons (Fsp3) is 0.400. The molecular formula is C20H21BrF3N3O2. The fourth-order valence-electron chi connectivity index (χ4n) is 3.34. The lowest BCUT2D eigenvalue weighted by Crippen LogP contribution is -2.49. The molecule has 1 amide bonds. The molecule has 0 bridgehead atoms. The monoisotopic (exact) mass is 471 g/mol. The van der Waals surface area contributed by atoms with E-state index in [2.05, 4.69) is 31.5 Å². The number of amides is 1. The van der Waals surface area contributed by atoms with E-state index < -0.39 is 17.2 Å². The van der Waals surface area contributed by atoms with Gasteiger partial charge < -0.3 is 15.4 Å². The van der Waals surface area contributed by atoms with Gasteiger partial charge in [0, 0.05) is 37.0 Å². The van der Waals surface area contributed by atoms with Crippen LogP contribution in [0.2, 0.25) is 0 Å². The Bertz CT molecular complexity index is 820. The van der Waals surface area contributed by atoms with Crippen molar-refractivity contribution < 1.29 is 22.7 Å². The van der Waals surface area contributed by atoms with Crippen LogP contribution in [0.4, 0.5) is 19.0 Å². The van der Waals surface area contributed by atoms with E-state index in [-0.39, 0.29) is 5.91 Å². The van der Waals surface area contributed by atoms with Crippen LogP contribution in [-0.4, -0.2) is 37.2 Å². The molecule has 5 nitrogen and oxygen atoms in total. The van der Waals surface area contributed by atoms with E-state index in [0.29, 0.717) is 45.0 Å². The number of halogens is 4. The molecule has 156 valence electrons. The standard InChI is InChI=1S/C20H21BrF3N3O2/c21-16-4-1-14(2-5-16)19(7-11-29-12-8-19)18(28)26-10-9-25-17-6-3-15(13-27-17)20(22,23)24/h1-6,13H,7-12H2,(H,25,27)(H,26,28). The molecule has 0 saturated carbocycles. The molecule has 2 N–H and O–H groups in total. The fourth-order valence-corrected chi connectivity index (χ4v) is 3.60. The van der Waals surface area contributed by atoms with Crippen molar-refractivity contribution in [2.45, 2.75) is 24.4 Å². The topological polar surface area (TPSA) is 63.2 Å². The summed E-state index contributed by atoms with van der Waals surface area (Å²) in [6, 6.07) is 9.96. The van der Waals surface area contributed by atoms with E-state index in [4.69, 9.17) is 4.74 Å². The Hall–Kier alpha value is -2.13. The number of pyridine rings is 1. The number of carbonyl (C=O) groups is 1. The Kier molecular flexibility index (Phi) is 6.79. The van der Waals surface area contributed by atoms with Gasteiger partial charge in [-0.1, -0.05) is 28.1 Å². The van der Waals surface area contributed by atoms with Crippen molar-refractivity contribution in [1.82, 2.24) is 10.3 Å². The molecule has 2 aromatic rings. The number of nitrogens with one attached hydrogen (secondary N) is 2. The largest absolute Gasteiger partial charge is 0.417 e. The number of nitrogens with zero attached hydrogens (tertiary/aromatic N) is 1. The minimum absolute atomic E-state index is 0.0784. The number of rotatable bonds is 6. The Balaban J connectivity index is 1.57. The molecule has 29 heavy (non-hydrogen) atoms. The first kappa shape index (κ1) is 21.6. The van der Waals surface area contributed by atoms with Crippen molar-refractivity contribution >= 4 is 27.7 Å². The number of benzene rings is 1. The van der Waals surface area contributed by atoms with Gasteiger partial charge in [-0.3, -0.25) is 4.79 Å². The Morgan fingerprint density at radius 2 is 1.79 bits per heavy atom. The number of hydrogen-bond acceptors (Lipinski definition) is 4. The summed E-state index contributed by atoms with van der Waals surface area (Å²) in [5.74, 6) is 0.242. The highest BCUT2D eigenvalue weighted by atomic mass is 79.9. The Morgan fingerprint density at radius 1 is 1.10 bits per heavy atom. The molecule has 1 aliphatic heterocycles. The lowest BCUT2D eigenvalue weighted by Gasteiger charge is -2.36. The number of alkyl halides is 3. The maximum Gasteiger partial charge on any atom is 0.417 e. The minimum Gasteiger partial charge on any atom is -0.381 e. The molecule has 0 spiro atoms. The second kappa shape index (κ2) is 9.13. The molecule has 1 aromatic carbocycles. The summed E-state index contributed by atoms with van der Waals surface area (Å²) in [5.41, 5.74) is -0.503. The van der Waals surface area contributed by atoms with Gasteiger partial charge in [0.25, 0.3) is 0 Å². The van der Waals surface area contributed by atoms with Gasteiger partial charge in [-0.2, -0.15) is 13.2 Å². The molecule has 1 aliphatic rings. The first-order valence-electron chi connectivity index (χ1n) is 9.20. The molecular weight excluding hydrogens is 451 g/mol. The van der Waals surface area contributed by atoms with Crippen LogP contribution in [0.3, 0.4) is 0 Å². The maximum atomic E-state index is 13.0. The van der Waals surface area contributed by atoms with E-state index in [9.17, 15) is 18.0 Å². The molecule has 0 radical (unpaired) electrons. The van der Waals surface area contributed by atoms with Gasteiger partial charge in [-0.05, 0) is 42.7 Å². The van der Waals surface area contributed by atoms with Crippen molar-refractivity contribution in [2.75, 3.05) is 31.6 Å². The molecule has 0 atom stereocenters. The van der Waals surface area contributed by atoms with E-state index in [1.165, 1.54) is 6.07 Å². The second-order valence-corrected chi connectivity index (χ2v) is 7.73. The van der Waals surface area contributed by atoms with Crippen molar-refractivity contribution in [3.05, 3.63) is 58.2 Å². The zero-order valence-electron chi connectivity index (χ0n) is 15.6. The lowest BCUT2D eigenvalue weighted by atomic mass is 9.73. The van der Waals surface area contributed by atoms with Gasteiger partial charge in [0.05, 0.1) is 11.0 Å². The third kappa shape index (κ3) is 5.27. The molecule has 2 heterocycles. The van der Waals surface area contributed by atoms with Crippen LogP contribution >= 0.6 is 15.9 Å². The smallest absolute Gasteiger partial charge is 0.381 e. The summed E-state index contributed by atoms with van der Waals surface area (Å²) in [6.07, 6.45) is -2.45. The predicted octanol–water partition coefficient (Wildman–Crippen LogP) is 4.14. The third-order valence-electron chi connectivity index (χ3n) is 4.99. The number of hydrogen-bond donors (Lipinski definition) is 2. The van der Waals surface area contributed by atoms with E-state index in [1.807, 2.05) is 24.3 Å². The summed E-state index contributed by atoms with van der Waals surface area (Å²) in [4.78, 5) is 16.8. The SMILES string of the molecule is O=C(NCCNc1ccc(C(F)(F)F)cn1)C1(c2ccc(Br)cc2)CCOCC1. The third-order valence-corrected chi connectivity index (χ3v) is 5.51. The molecule has 3 rings (SSSR count). The van der Waals surface area contributed by atoms with Crippen LogP contribution in [0.1, 0.15) is 24.0 Å². The second-order valence-electron chi connectivity index (χ2n) is 6.81. The highest BCUT2D eigenvalue weighted by Gasteiger charge is 2.41. The van der Waals surface area contributed by atoms with Gasteiger partial charge in [-0.25, -0.2) is 4.98 Å². The van der Waals surface area contributed by atoms with Crippen LogP contribution < -0.4 is 10.6 Å². The van der Waals surface area contributed by atoms with Gasteiger partial charge in [0.15, 0.2) is 0 Å². The van der Waals surface area contributed by atoms with E-state index in [0.717, 1.165) is 22.3 Å². The van der Waals surface area contributed by atoms with Crippen molar-refractivity contribution in [2.24, 2.45) is 0 Å². The van der Waals surface area contributed by atoms with Crippen LogP contribution in [0.25, 0.3) is 0 Å². The molecule has 0 aliphatic carbocycles. The van der Waals surface area contributed by atoms with Crippen molar-refractivity contribution in [1.29, 1.82) is 0 Å². The van der Waals surface area contributed by atoms with Crippen molar-refractivity contribution in [3.8, 4) is 0 Å². The average Bonchev–Trinajstić information content (AvgIpc) is 2.71. The summed E-state index contributed by atoms with van der Waals surface area (Å²) in [6.45, 7) is 1.69. The predicted molar refractivity (Wildman–Crippen MR) is 107 cm³/mol. The zero-order chi connectivity index (χ0) is 20.9. The van der Waals surface area contributed by atoms with E-state index in [1.54, 1.807) is 0 Å². The molecule has 1 saturated heterocycles. The number of carbonyl (C=O) groups excluding carboxylic acids is 1. The van der Waals surface area contributed by atoms with Gasteiger partial charge in [0.1, 0.15) is 5.82 Å². The summed E-state index contributed by atoms with van der Waals surface area (Å²) in [7, 11) is 0. The van der Waals surface area contributed by atoms with Crippen molar-refractivity contribution in [3.63, 3.8) is 0 Å². The Morgan fingerprint density at radius 3 is 2.38 bits per heavy atom. The molecule has 1 fully saturated rings. The van der Waals surface area contributed by atoms with Crippen LogP contribution in [0.5, 0.6) is 0 Å². The number of ether oxygens (including phenoxy) is 1. The Labute approximate surface area is 175 Å². The number of anilines is 1. The maximum absolute atomic E-state index is 13.0. The number of aromatic nitrogens is 1. The van der Waals surface area contributed by atoms with E-state index >= 15 is 0 Å². The first-order chi connectivity index (χ1) is 13.8. The summed E-state index contributed by atoms with van der Waals surface area (Å²) < 4.78 is 44.1. The first-order valence-corrected chi connectivity index (χ1v) is 10.00. The normalized spacial score (nSPS) is 16.3. The minimum atomic E-state index is -4.41. The summed E-state index contributed by atoms with van der Waals surface area (Å²) >= 11 is 3.41. The van der Waals surface area contributed by atoms with Crippen LogP contribution in [0.15, 0.2) is 47.1 Å². The molecule has 0 unspecified atom stereocenters.